The van der Waals surface area contributed by atoms with E-state index in [4.69, 9.17) is 11.6 Å². The van der Waals surface area contributed by atoms with Gasteiger partial charge in [-0.1, -0.05) is 11.6 Å². The molecule has 0 radical (unpaired) electrons. The van der Waals surface area contributed by atoms with Crippen LogP contribution in [-0.2, 0) is 11.3 Å². The summed E-state index contributed by atoms with van der Waals surface area (Å²) >= 11 is 5.92. The van der Waals surface area contributed by atoms with Crippen molar-refractivity contribution in [3.63, 3.8) is 0 Å². The smallest absolute Gasteiger partial charge is 0.271 e. The van der Waals surface area contributed by atoms with Crippen LogP contribution in [0.3, 0.4) is 0 Å². The third-order valence-electron chi connectivity index (χ3n) is 4.69. The molecule has 2 aromatic heterocycles. The molecule has 1 saturated heterocycles. The molecule has 0 N–H and O–H groups in total. The summed E-state index contributed by atoms with van der Waals surface area (Å²) in [5.41, 5.74) is 0.450. The Morgan fingerprint density at radius 2 is 1.79 bits per heavy atom. The summed E-state index contributed by atoms with van der Waals surface area (Å²) < 4.78 is 3.13. The Kier molecular flexibility index (Phi) is 5.12. The third kappa shape index (κ3) is 3.91. The van der Waals surface area contributed by atoms with Gasteiger partial charge in [-0.25, -0.2) is 4.98 Å². The lowest BCUT2D eigenvalue weighted by Gasteiger charge is -2.35. The highest BCUT2D eigenvalue weighted by Crippen LogP contribution is 2.15. The van der Waals surface area contributed by atoms with Crippen LogP contribution in [0.1, 0.15) is 0 Å². The largest absolute Gasteiger partial charge is 0.352 e. The van der Waals surface area contributed by atoms with Gasteiger partial charge in [0, 0.05) is 49.7 Å². The molecule has 0 atom stereocenters. The Morgan fingerprint density at radius 1 is 1.04 bits per heavy atom. The first kappa shape index (κ1) is 18.2. The van der Waals surface area contributed by atoms with Gasteiger partial charge in [-0.3, -0.25) is 9.59 Å². The van der Waals surface area contributed by atoms with Crippen LogP contribution in [0.2, 0.25) is 5.02 Å². The second-order valence-electron chi connectivity index (χ2n) is 6.52. The maximum absolute atomic E-state index is 12.4. The van der Waals surface area contributed by atoms with Gasteiger partial charge in [-0.15, -0.1) is 5.10 Å². The summed E-state index contributed by atoms with van der Waals surface area (Å²) in [5, 5.41) is 5.10. The number of rotatable bonds is 4. The van der Waals surface area contributed by atoms with Gasteiger partial charge in [0.25, 0.3) is 5.56 Å². The van der Waals surface area contributed by atoms with Crippen LogP contribution in [0, 0.1) is 0 Å². The van der Waals surface area contributed by atoms with Crippen molar-refractivity contribution in [3.05, 3.63) is 70.5 Å². The molecule has 1 aliphatic heterocycles. The number of carbonyl (C=O) groups excluding carboxylic acids is 1. The number of imidazole rings is 1. The number of aromatic nitrogens is 4. The normalized spacial score (nSPS) is 14.3. The fourth-order valence-electron chi connectivity index (χ4n) is 3.16. The number of carbonyl (C=O) groups is 1. The molecule has 8 nitrogen and oxygen atoms in total. The van der Waals surface area contributed by atoms with Crippen LogP contribution in [0.5, 0.6) is 0 Å². The Bertz CT molecular complexity index is 1010. The number of nitrogens with zero attached hydrogens (tertiary/aromatic N) is 6. The first-order chi connectivity index (χ1) is 13.6. The fourth-order valence-corrected chi connectivity index (χ4v) is 3.28. The zero-order valence-corrected chi connectivity index (χ0v) is 15.9. The van der Waals surface area contributed by atoms with Crippen molar-refractivity contribution in [2.75, 3.05) is 31.1 Å². The molecule has 0 bridgehead atoms. The molecular weight excluding hydrogens is 380 g/mol. The van der Waals surface area contributed by atoms with E-state index in [-0.39, 0.29) is 11.5 Å². The molecule has 0 saturated carbocycles. The average molecular weight is 399 g/mol. The zero-order chi connectivity index (χ0) is 19.5. The first-order valence-corrected chi connectivity index (χ1v) is 9.33. The number of hydrogen-bond donors (Lipinski definition) is 0. The number of anilines is 1. The Morgan fingerprint density at radius 3 is 2.46 bits per heavy atom. The topological polar surface area (TPSA) is 76.3 Å². The van der Waals surface area contributed by atoms with Gasteiger partial charge in [0.2, 0.25) is 5.91 Å². The summed E-state index contributed by atoms with van der Waals surface area (Å²) in [5.74, 6) is 0.771. The summed E-state index contributed by atoms with van der Waals surface area (Å²) in [4.78, 5) is 32.5. The number of benzene rings is 1. The molecule has 0 spiro atoms. The summed E-state index contributed by atoms with van der Waals surface area (Å²) in [7, 11) is 0. The van der Waals surface area contributed by atoms with Crippen molar-refractivity contribution < 1.29 is 4.79 Å². The highest BCUT2D eigenvalue weighted by molar-refractivity contribution is 6.30. The van der Waals surface area contributed by atoms with Crippen LogP contribution in [-0.4, -0.2) is 56.3 Å². The highest BCUT2D eigenvalue weighted by atomic mass is 35.5. The van der Waals surface area contributed by atoms with Gasteiger partial charge in [0.05, 0.1) is 12.0 Å². The minimum Gasteiger partial charge on any atom is -0.352 e. The number of amides is 1. The van der Waals surface area contributed by atoms with Crippen molar-refractivity contribution in [2.24, 2.45) is 0 Å². The van der Waals surface area contributed by atoms with Crippen LogP contribution in [0.15, 0.2) is 59.9 Å². The van der Waals surface area contributed by atoms with E-state index in [9.17, 15) is 9.59 Å². The average Bonchev–Trinajstić information content (AvgIpc) is 3.22. The van der Waals surface area contributed by atoms with Crippen LogP contribution >= 0.6 is 11.6 Å². The van der Waals surface area contributed by atoms with Crippen LogP contribution in [0.4, 0.5) is 5.82 Å². The van der Waals surface area contributed by atoms with Crippen molar-refractivity contribution in [3.8, 4) is 5.69 Å². The molecule has 4 rings (SSSR count). The summed E-state index contributed by atoms with van der Waals surface area (Å²) in [6.45, 7) is 2.81. The number of halogens is 1. The van der Waals surface area contributed by atoms with Crippen molar-refractivity contribution in [1.82, 2.24) is 24.2 Å². The molecular formula is C19H19ClN6O2. The van der Waals surface area contributed by atoms with Gasteiger partial charge in [0.1, 0.15) is 12.4 Å². The second kappa shape index (κ2) is 7.85. The zero-order valence-electron chi connectivity index (χ0n) is 15.1. The summed E-state index contributed by atoms with van der Waals surface area (Å²) in [6, 6.07) is 10.2. The van der Waals surface area contributed by atoms with E-state index in [1.54, 1.807) is 53.6 Å². The molecule has 1 aromatic carbocycles. The van der Waals surface area contributed by atoms with E-state index in [0.29, 0.717) is 49.3 Å². The fraction of sp³-hybridized carbons (Fsp3) is 0.263. The molecule has 3 heterocycles. The van der Waals surface area contributed by atoms with E-state index < -0.39 is 0 Å². The lowest BCUT2D eigenvalue weighted by Crippen LogP contribution is -2.50. The molecule has 1 aliphatic rings. The predicted octanol–water partition coefficient (Wildman–Crippen LogP) is 1.43. The van der Waals surface area contributed by atoms with Gasteiger partial charge in [-0.2, -0.15) is 4.68 Å². The molecule has 0 aliphatic carbocycles. The van der Waals surface area contributed by atoms with Gasteiger partial charge in [-0.05, 0) is 30.3 Å². The molecule has 144 valence electrons. The quantitative estimate of drug-likeness (QED) is 0.664. The third-order valence-corrected chi connectivity index (χ3v) is 4.94. The SMILES string of the molecule is O=C(Cn1ccnc1)N1CCN(c2ccc(=O)n(-c3ccc(Cl)cc3)n2)CC1. The van der Waals surface area contributed by atoms with E-state index >= 15 is 0 Å². The van der Waals surface area contributed by atoms with E-state index in [1.807, 2.05) is 4.90 Å². The minimum atomic E-state index is -0.208. The highest BCUT2D eigenvalue weighted by Gasteiger charge is 2.22. The molecule has 9 heteroatoms. The predicted molar refractivity (Wildman–Crippen MR) is 106 cm³/mol. The first-order valence-electron chi connectivity index (χ1n) is 8.95. The Labute approximate surface area is 166 Å². The van der Waals surface area contributed by atoms with E-state index in [0.717, 1.165) is 0 Å². The number of hydrogen-bond acceptors (Lipinski definition) is 5. The van der Waals surface area contributed by atoms with Gasteiger partial charge >= 0.3 is 0 Å². The maximum atomic E-state index is 12.4. The van der Waals surface area contributed by atoms with Gasteiger partial charge in [0.15, 0.2) is 0 Å². The number of piperazine rings is 1. The van der Waals surface area contributed by atoms with Crippen LogP contribution in [0.25, 0.3) is 5.69 Å². The molecule has 3 aromatic rings. The van der Waals surface area contributed by atoms with Crippen molar-refractivity contribution in [1.29, 1.82) is 0 Å². The molecule has 28 heavy (non-hydrogen) atoms. The monoisotopic (exact) mass is 398 g/mol. The summed E-state index contributed by atoms with van der Waals surface area (Å²) in [6.07, 6.45) is 5.07. The Hall–Kier alpha value is -3.13. The minimum absolute atomic E-state index is 0.0664. The maximum Gasteiger partial charge on any atom is 0.271 e. The lowest BCUT2D eigenvalue weighted by molar-refractivity contribution is -0.132. The lowest BCUT2D eigenvalue weighted by atomic mass is 10.3. The van der Waals surface area contributed by atoms with E-state index in [1.165, 1.54) is 10.7 Å². The molecule has 1 amide bonds. The standard InChI is InChI=1S/C19H19ClN6O2/c20-15-1-3-16(4-2-15)26-18(27)6-5-17(22-26)24-9-11-25(12-10-24)19(28)13-23-8-7-21-14-23/h1-8,14H,9-13H2. The van der Waals surface area contributed by atoms with Crippen LogP contribution < -0.4 is 10.5 Å². The van der Waals surface area contributed by atoms with E-state index in [2.05, 4.69) is 15.0 Å². The Balaban J connectivity index is 1.44. The van der Waals surface area contributed by atoms with Gasteiger partial charge < -0.3 is 14.4 Å². The second-order valence-corrected chi connectivity index (χ2v) is 6.96. The molecule has 0 unspecified atom stereocenters. The van der Waals surface area contributed by atoms with Crippen molar-refractivity contribution >= 4 is 23.3 Å². The van der Waals surface area contributed by atoms with Crippen molar-refractivity contribution in [2.45, 2.75) is 6.54 Å². The molecule has 1 fully saturated rings.